The molecule has 0 saturated heterocycles. The van der Waals surface area contributed by atoms with Gasteiger partial charge in [-0.2, -0.15) is 0 Å². The highest BCUT2D eigenvalue weighted by Crippen LogP contribution is 2.27. The van der Waals surface area contributed by atoms with E-state index in [0.717, 1.165) is 0 Å². The summed E-state index contributed by atoms with van der Waals surface area (Å²) < 4.78 is 24.2. The van der Waals surface area contributed by atoms with Crippen LogP contribution in [0.25, 0.3) is 0 Å². The summed E-state index contributed by atoms with van der Waals surface area (Å²) in [4.78, 5) is 12.5. The van der Waals surface area contributed by atoms with Gasteiger partial charge < -0.3 is 9.47 Å². The second kappa shape index (κ2) is 6.66. The standard InChI is InChI=1S/C15H21FO3/c1-5-15(6-2,19-7-3)14(17)11-8-9-13(18-4)12(16)10-11/h8-10H,5-7H2,1-4H3. The zero-order chi connectivity index (χ0) is 14.5. The second-order valence-electron chi connectivity index (χ2n) is 4.31. The Labute approximate surface area is 113 Å². The number of ether oxygens (including phenoxy) is 2. The average Bonchev–Trinajstić information content (AvgIpc) is 2.44. The average molecular weight is 268 g/mol. The van der Waals surface area contributed by atoms with Crippen molar-refractivity contribution in [1.82, 2.24) is 0 Å². The molecule has 1 aromatic rings. The van der Waals surface area contributed by atoms with Crippen LogP contribution in [0, 0.1) is 5.82 Å². The van der Waals surface area contributed by atoms with E-state index >= 15 is 0 Å². The van der Waals surface area contributed by atoms with Crippen LogP contribution >= 0.6 is 0 Å². The van der Waals surface area contributed by atoms with E-state index in [2.05, 4.69) is 0 Å². The molecule has 1 rings (SSSR count). The van der Waals surface area contributed by atoms with Crippen molar-refractivity contribution in [2.45, 2.75) is 39.2 Å². The van der Waals surface area contributed by atoms with Gasteiger partial charge in [-0.3, -0.25) is 4.79 Å². The van der Waals surface area contributed by atoms with E-state index in [9.17, 15) is 9.18 Å². The SMILES string of the molecule is CCOC(CC)(CC)C(=O)c1ccc(OC)c(F)c1. The molecule has 0 spiro atoms. The molecule has 0 bridgehead atoms. The van der Waals surface area contributed by atoms with E-state index < -0.39 is 11.4 Å². The predicted molar refractivity (Wildman–Crippen MR) is 72.2 cm³/mol. The largest absolute Gasteiger partial charge is 0.494 e. The van der Waals surface area contributed by atoms with Gasteiger partial charge in [-0.1, -0.05) is 13.8 Å². The van der Waals surface area contributed by atoms with Crippen LogP contribution in [0.3, 0.4) is 0 Å². The van der Waals surface area contributed by atoms with Crippen molar-refractivity contribution in [3.8, 4) is 5.75 Å². The molecule has 0 N–H and O–H groups in total. The van der Waals surface area contributed by atoms with E-state index in [-0.39, 0.29) is 11.5 Å². The molecule has 0 aliphatic carbocycles. The number of ketones is 1. The van der Waals surface area contributed by atoms with Gasteiger partial charge in [0.15, 0.2) is 17.3 Å². The maximum Gasteiger partial charge on any atom is 0.194 e. The lowest BCUT2D eigenvalue weighted by Gasteiger charge is -2.30. The van der Waals surface area contributed by atoms with Crippen molar-refractivity contribution in [3.05, 3.63) is 29.6 Å². The quantitative estimate of drug-likeness (QED) is 0.709. The van der Waals surface area contributed by atoms with Crippen LogP contribution < -0.4 is 4.74 Å². The van der Waals surface area contributed by atoms with E-state index in [1.165, 1.54) is 19.2 Å². The van der Waals surface area contributed by atoms with Crippen LogP contribution in [0.1, 0.15) is 44.0 Å². The highest BCUT2D eigenvalue weighted by atomic mass is 19.1. The smallest absolute Gasteiger partial charge is 0.194 e. The van der Waals surface area contributed by atoms with Crippen LogP contribution in [0.4, 0.5) is 4.39 Å². The minimum Gasteiger partial charge on any atom is -0.494 e. The molecule has 0 aliphatic heterocycles. The zero-order valence-corrected chi connectivity index (χ0v) is 12.0. The Hall–Kier alpha value is -1.42. The Kier molecular flexibility index (Phi) is 5.48. The molecule has 0 fully saturated rings. The van der Waals surface area contributed by atoms with Crippen LogP contribution in [0.5, 0.6) is 5.75 Å². The molecule has 19 heavy (non-hydrogen) atoms. The van der Waals surface area contributed by atoms with Gasteiger partial charge in [0.1, 0.15) is 5.60 Å². The summed E-state index contributed by atoms with van der Waals surface area (Å²) >= 11 is 0. The minimum absolute atomic E-state index is 0.131. The molecule has 1 aromatic carbocycles. The van der Waals surface area contributed by atoms with E-state index in [1.807, 2.05) is 20.8 Å². The zero-order valence-electron chi connectivity index (χ0n) is 12.0. The number of carbonyl (C=O) groups is 1. The third kappa shape index (κ3) is 3.13. The number of rotatable bonds is 7. The minimum atomic E-state index is -0.865. The van der Waals surface area contributed by atoms with Crippen molar-refractivity contribution < 1.29 is 18.7 Å². The third-order valence-corrected chi connectivity index (χ3v) is 3.39. The molecule has 4 heteroatoms. The number of carbonyl (C=O) groups excluding carboxylic acids is 1. The molecule has 0 radical (unpaired) electrons. The molecule has 0 atom stereocenters. The first-order chi connectivity index (χ1) is 9.04. The fraction of sp³-hybridized carbons (Fsp3) is 0.533. The summed E-state index contributed by atoms with van der Waals surface area (Å²) in [6.45, 7) is 6.10. The van der Waals surface area contributed by atoms with Crippen molar-refractivity contribution in [3.63, 3.8) is 0 Å². The number of methoxy groups -OCH3 is 1. The first kappa shape index (κ1) is 15.6. The Morgan fingerprint density at radius 3 is 2.32 bits per heavy atom. The predicted octanol–water partition coefficient (Wildman–Crippen LogP) is 3.61. The molecule has 0 heterocycles. The number of Topliss-reactive ketones (excluding diaryl/α,β-unsaturated/α-hetero) is 1. The number of hydrogen-bond donors (Lipinski definition) is 0. The van der Waals surface area contributed by atoms with Crippen LogP contribution in [-0.4, -0.2) is 25.1 Å². The maximum atomic E-state index is 13.7. The number of halogens is 1. The van der Waals surface area contributed by atoms with Crippen LogP contribution in [0.15, 0.2) is 18.2 Å². The van der Waals surface area contributed by atoms with Crippen molar-refractivity contribution in [1.29, 1.82) is 0 Å². The topological polar surface area (TPSA) is 35.5 Å². The molecular formula is C15H21FO3. The van der Waals surface area contributed by atoms with Gasteiger partial charge in [-0.05, 0) is 38.0 Å². The Balaban J connectivity index is 3.13. The Morgan fingerprint density at radius 1 is 1.26 bits per heavy atom. The van der Waals surface area contributed by atoms with Crippen LogP contribution in [-0.2, 0) is 4.74 Å². The molecule has 3 nitrogen and oxygen atoms in total. The van der Waals surface area contributed by atoms with Gasteiger partial charge in [0, 0.05) is 12.2 Å². The fourth-order valence-electron chi connectivity index (χ4n) is 2.19. The number of benzene rings is 1. The van der Waals surface area contributed by atoms with Gasteiger partial charge in [0.25, 0.3) is 0 Å². The van der Waals surface area contributed by atoms with Crippen molar-refractivity contribution in [2.24, 2.45) is 0 Å². The Bertz CT molecular complexity index is 439. The molecule has 0 amide bonds. The summed E-state index contributed by atoms with van der Waals surface area (Å²) in [5.74, 6) is -0.585. The lowest BCUT2D eigenvalue weighted by molar-refractivity contribution is -0.0250. The summed E-state index contributed by atoms with van der Waals surface area (Å²) in [6.07, 6.45) is 1.12. The second-order valence-corrected chi connectivity index (χ2v) is 4.31. The van der Waals surface area contributed by atoms with Gasteiger partial charge >= 0.3 is 0 Å². The normalized spacial score (nSPS) is 11.4. The van der Waals surface area contributed by atoms with Gasteiger partial charge in [0.2, 0.25) is 0 Å². The van der Waals surface area contributed by atoms with E-state index in [4.69, 9.17) is 9.47 Å². The van der Waals surface area contributed by atoms with Gasteiger partial charge in [-0.15, -0.1) is 0 Å². The van der Waals surface area contributed by atoms with E-state index in [0.29, 0.717) is 25.0 Å². The highest BCUT2D eigenvalue weighted by molar-refractivity contribution is 6.02. The van der Waals surface area contributed by atoms with Crippen molar-refractivity contribution >= 4 is 5.78 Å². The molecule has 0 saturated carbocycles. The maximum absolute atomic E-state index is 13.7. The summed E-state index contributed by atoms with van der Waals surface area (Å²) in [7, 11) is 1.39. The fourth-order valence-corrected chi connectivity index (χ4v) is 2.19. The summed E-state index contributed by atoms with van der Waals surface area (Å²) in [5.41, 5.74) is -0.550. The molecule has 0 unspecified atom stereocenters. The molecule has 0 aliphatic rings. The van der Waals surface area contributed by atoms with E-state index in [1.54, 1.807) is 6.07 Å². The van der Waals surface area contributed by atoms with Gasteiger partial charge in [0.05, 0.1) is 7.11 Å². The first-order valence-corrected chi connectivity index (χ1v) is 6.56. The monoisotopic (exact) mass is 268 g/mol. The molecule has 106 valence electrons. The molecule has 0 aromatic heterocycles. The first-order valence-electron chi connectivity index (χ1n) is 6.56. The lowest BCUT2D eigenvalue weighted by Crippen LogP contribution is -2.40. The van der Waals surface area contributed by atoms with Gasteiger partial charge in [-0.25, -0.2) is 4.39 Å². The summed E-state index contributed by atoms with van der Waals surface area (Å²) in [5, 5.41) is 0. The highest BCUT2D eigenvalue weighted by Gasteiger charge is 2.36. The van der Waals surface area contributed by atoms with Crippen LogP contribution in [0.2, 0.25) is 0 Å². The molecular weight excluding hydrogens is 247 g/mol. The lowest BCUT2D eigenvalue weighted by atomic mass is 9.87. The number of hydrogen-bond acceptors (Lipinski definition) is 3. The Morgan fingerprint density at radius 2 is 1.89 bits per heavy atom. The summed E-state index contributed by atoms with van der Waals surface area (Å²) in [6, 6.07) is 4.24. The third-order valence-electron chi connectivity index (χ3n) is 3.39. The van der Waals surface area contributed by atoms with Crippen molar-refractivity contribution in [2.75, 3.05) is 13.7 Å².